The second-order valence-electron chi connectivity index (χ2n) is 3.20. The molecule has 0 amide bonds. The van der Waals surface area contributed by atoms with Gasteiger partial charge in [0.15, 0.2) is 11.6 Å². The number of carbonyl (C=O) groups is 1. The van der Waals surface area contributed by atoms with Gasteiger partial charge in [-0.2, -0.15) is 0 Å². The van der Waals surface area contributed by atoms with E-state index in [4.69, 9.17) is 4.74 Å². The zero-order valence-electron chi connectivity index (χ0n) is 9.41. The van der Waals surface area contributed by atoms with Gasteiger partial charge in [-0.1, -0.05) is 6.07 Å². The zero-order chi connectivity index (χ0) is 12.1. The van der Waals surface area contributed by atoms with Crippen molar-refractivity contribution in [1.82, 2.24) is 0 Å². The maximum atomic E-state index is 13.4. The van der Waals surface area contributed by atoms with Crippen LogP contribution in [0.5, 0.6) is 5.75 Å². The van der Waals surface area contributed by atoms with Crippen LogP contribution < -0.4 is 4.74 Å². The molecule has 4 heteroatoms. The minimum atomic E-state index is -0.464. The maximum Gasteiger partial charge on any atom is 0.330 e. The van der Waals surface area contributed by atoms with Crippen LogP contribution in [0.4, 0.5) is 4.39 Å². The molecule has 0 radical (unpaired) electrons. The molecule has 0 atom stereocenters. The second-order valence-corrected chi connectivity index (χ2v) is 3.20. The molecule has 0 aliphatic heterocycles. The summed E-state index contributed by atoms with van der Waals surface area (Å²) in [5, 5.41) is 0. The molecule has 16 heavy (non-hydrogen) atoms. The molecule has 3 nitrogen and oxygen atoms in total. The van der Waals surface area contributed by atoms with Crippen molar-refractivity contribution in [3.8, 4) is 5.75 Å². The van der Waals surface area contributed by atoms with E-state index in [1.807, 2.05) is 0 Å². The Morgan fingerprint density at radius 3 is 2.56 bits per heavy atom. The molecule has 0 aliphatic rings. The van der Waals surface area contributed by atoms with Crippen LogP contribution in [-0.4, -0.2) is 20.2 Å². The SMILES string of the molecule is COC(=O)/C=C(/C)c1ccc(OC)c(F)c1. The average Bonchev–Trinajstić information content (AvgIpc) is 2.28. The van der Waals surface area contributed by atoms with Gasteiger partial charge in [0.1, 0.15) is 0 Å². The van der Waals surface area contributed by atoms with Gasteiger partial charge in [-0.15, -0.1) is 0 Å². The Morgan fingerprint density at radius 1 is 1.38 bits per heavy atom. The number of hydrogen-bond acceptors (Lipinski definition) is 3. The molecule has 0 bridgehead atoms. The highest BCUT2D eigenvalue weighted by molar-refractivity contribution is 5.90. The van der Waals surface area contributed by atoms with E-state index in [0.717, 1.165) is 0 Å². The first-order chi connectivity index (χ1) is 7.58. The molecule has 0 spiro atoms. The Kier molecular flexibility index (Phi) is 4.05. The van der Waals surface area contributed by atoms with Crippen LogP contribution in [0.15, 0.2) is 24.3 Å². The van der Waals surface area contributed by atoms with Gasteiger partial charge in [-0.25, -0.2) is 9.18 Å². The monoisotopic (exact) mass is 224 g/mol. The largest absolute Gasteiger partial charge is 0.494 e. The van der Waals surface area contributed by atoms with Gasteiger partial charge in [0.25, 0.3) is 0 Å². The van der Waals surface area contributed by atoms with Crippen molar-refractivity contribution in [3.05, 3.63) is 35.7 Å². The fraction of sp³-hybridized carbons (Fsp3) is 0.250. The van der Waals surface area contributed by atoms with Crippen molar-refractivity contribution in [3.63, 3.8) is 0 Å². The van der Waals surface area contributed by atoms with Crippen LogP contribution in [0.3, 0.4) is 0 Å². The third-order valence-corrected chi connectivity index (χ3v) is 2.14. The molecule has 0 unspecified atom stereocenters. The van der Waals surface area contributed by atoms with Crippen molar-refractivity contribution >= 4 is 11.5 Å². The van der Waals surface area contributed by atoms with Gasteiger partial charge in [0.2, 0.25) is 0 Å². The van der Waals surface area contributed by atoms with E-state index in [0.29, 0.717) is 11.1 Å². The summed E-state index contributed by atoms with van der Waals surface area (Å²) >= 11 is 0. The lowest BCUT2D eigenvalue weighted by atomic mass is 10.1. The van der Waals surface area contributed by atoms with Gasteiger partial charge in [-0.05, 0) is 30.2 Å². The highest BCUT2D eigenvalue weighted by atomic mass is 19.1. The van der Waals surface area contributed by atoms with Crippen LogP contribution in [0.2, 0.25) is 0 Å². The third kappa shape index (κ3) is 2.82. The van der Waals surface area contributed by atoms with E-state index in [-0.39, 0.29) is 5.75 Å². The molecule has 86 valence electrons. The van der Waals surface area contributed by atoms with Gasteiger partial charge >= 0.3 is 5.97 Å². The third-order valence-electron chi connectivity index (χ3n) is 2.14. The van der Waals surface area contributed by atoms with Crippen molar-refractivity contribution in [2.45, 2.75) is 6.92 Å². The highest BCUT2D eigenvalue weighted by Crippen LogP contribution is 2.22. The lowest BCUT2D eigenvalue weighted by Gasteiger charge is -2.05. The predicted octanol–water partition coefficient (Wildman–Crippen LogP) is 2.41. The second kappa shape index (κ2) is 5.30. The summed E-state index contributed by atoms with van der Waals surface area (Å²) in [5.41, 5.74) is 1.25. The summed E-state index contributed by atoms with van der Waals surface area (Å²) in [6, 6.07) is 4.50. The van der Waals surface area contributed by atoms with Crippen LogP contribution >= 0.6 is 0 Å². The molecular weight excluding hydrogens is 211 g/mol. The van der Waals surface area contributed by atoms with E-state index < -0.39 is 11.8 Å². The molecule has 0 heterocycles. The number of ether oxygens (including phenoxy) is 2. The molecule has 0 fully saturated rings. The predicted molar refractivity (Wildman–Crippen MR) is 58.6 cm³/mol. The molecule has 1 rings (SSSR count). The Hall–Kier alpha value is -1.84. The van der Waals surface area contributed by atoms with Gasteiger partial charge < -0.3 is 9.47 Å². The molecular formula is C12H13FO3. The van der Waals surface area contributed by atoms with Crippen molar-refractivity contribution in [2.75, 3.05) is 14.2 Å². The Balaban J connectivity index is 3.01. The minimum absolute atomic E-state index is 0.176. The summed E-state index contributed by atoms with van der Waals surface area (Å²) < 4.78 is 22.6. The van der Waals surface area contributed by atoms with Crippen molar-refractivity contribution in [1.29, 1.82) is 0 Å². The van der Waals surface area contributed by atoms with Crippen LogP contribution in [0, 0.1) is 5.82 Å². The Labute approximate surface area is 93.5 Å². The minimum Gasteiger partial charge on any atom is -0.494 e. The van der Waals surface area contributed by atoms with Gasteiger partial charge in [0.05, 0.1) is 14.2 Å². The average molecular weight is 224 g/mol. The number of allylic oxidation sites excluding steroid dienone is 1. The molecule has 0 aromatic heterocycles. The number of benzene rings is 1. The molecule has 1 aromatic rings. The number of methoxy groups -OCH3 is 2. The van der Waals surface area contributed by atoms with E-state index in [9.17, 15) is 9.18 Å². The summed E-state index contributed by atoms with van der Waals surface area (Å²) in [6.07, 6.45) is 1.31. The first-order valence-corrected chi connectivity index (χ1v) is 4.68. The van der Waals surface area contributed by atoms with Gasteiger partial charge in [-0.3, -0.25) is 0 Å². The van der Waals surface area contributed by atoms with E-state index in [1.54, 1.807) is 13.0 Å². The zero-order valence-corrected chi connectivity index (χ0v) is 9.41. The van der Waals surface area contributed by atoms with Crippen LogP contribution in [0.25, 0.3) is 5.57 Å². The first-order valence-electron chi connectivity index (χ1n) is 4.68. The topological polar surface area (TPSA) is 35.5 Å². The van der Waals surface area contributed by atoms with Crippen LogP contribution in [0.1, 0.15) is 12.5 Å². The molecule has 1 aromatic carbocycles. The van der Waals surface area contributed by atoms with E-state index in [2.05, 4.69) is 4.74 Å². The number of halogens is 1. The first kappa shape index (κ1) is 12.2. The summed E-state index contributed by atoms with van der Waals surface area (Å²) in [6.45, 7) is 1.71. The fourth-order valence-electron chi connectivity index (χ4n) is 1.23. The fourth-order valence-corrected chi connectivity index (χ4v) is 1.23. The van der Waals surface area contributed by atoms with Crippen molar-refractivity contribution in [2.24, 2.45) is 0 Å². The lowest BCUT2D eigenvalue weighted by Crippen LogP contribution is -1.96. The summed E-state index contributed by atoms with van der Waals surface area (Å²) in [5.74, 6) is -0.749. The number of hydrogen-bond donors (Lipinski definition) is 0. The van der Waals surface area contributed by atoms with Gasteiger partial charge in [0, 0.05) is 6.08 Å². The number of esters is 1. The van der Waals surface area contributed by atoms with E-state index >= 15 is 0 Å². The van der Waals surface area contributed by atoms with E-state index in [1.165, 1.54) is 32.4 Å². The molecule has 0 saturated heterocycles. The molecule has 0 saturated carbocycles. The smallest absolute Gasteiger partial charge is 0.330 e. The van der Waals surface area contributed by atoms with Crippen LogP contribution in [-0.2, 0) is 9.53 Å². The Morgan fingerprint density at radius 2 is 2.06 bits per heavy atom. The quantitative estimate of drug-likeness (QED) is 0.584. The highest BCUT2D eigenvalue weighted by Gasteiger charge is 2.05. The number of rotatable bonds is 3. The maximum absolute atomic E-state index is 13.4. The standard InChI is InChI=1S/C12H13FO3/c1-8(6-12(14)16-3)9-4-5-11(15-2)10(13)7-9/h4-7H,1-3H3/b8-6-. The molecule has 0 aliphatic carbocycles. The van der Waals surface area contributed by atoms with Crippen molar-refractivity contribution < 1.29 is 18.7 Å². The lowest BCUT2D eigenvalue weighted by molar-refractivity contribution is -0.134. The number of carbonyl (C=O) groups excluding carboxylic acids is 1. The summed E-state index contributed by atoms with van der Waals surface area (Å²) in [4.78, 5) is 11.0. The Bertz CT molecular complexity index is 424. The summed E-state index contributed by atoms with van der Waals surface area (Å²) in [7, 11) is 2.69. The normalized spacial score (nSPS) is 11.1. The molecule has 0 N–H and O–H groups in total.